The quantitative estimate of drug-likeness (QED) is 0.460. The van der Waals surface area contributed by atoms with Gasteiger partial charge in [0.2, 0.25) is 0 Å². The van der Waals surface area contributed by atoms with Crippen molar-refractivity contribution in [1.29, 1.82) is 0 Å². The Balaban J connectivity index is 2.84. The topological polar surface area (TPSA) is 0 Å². The zero-order chi connectivity index (χ0) is 18.6. The Bertz CT molecular complexity index is 732. The van der Waals surface area contributed by atoms with Gasteiger partial charge >= 0.3 is 6.18 Å². The fourth-order valence-electron chi connectivity index (χ4n) is 2.04. The summed E-state index contributed by atoms with van der Waals surface area (Å²) in [5.41, 5.74) is -9.99. The van der Waals surface area contributed by atoms with Crippen molar-refractivity contribution in [2.24, 2.45) is 0 Å². The summed E-state index contributed by atoms with van der Waals surface area (Å²) < 4.78 is 146. The van der Waals surface area contributed by atoms with Crippen molar-refractivity contribution in [2.75, 3.05) is 0 Å². The molecule has 2 unspecified atom stereocenters. The average molecular weight is 368 g/mol. The molecule has 0 bridgehead atoms. The van der Waals surface area contributed by atoms with Gasteiger partial charge in [0.05, 0.1) is 5.56 Å². The molecule has 0 fully saturated rings. The van der Waals surface area contributed by atoms with Crippen LogP contribution in [-0.2, 0) is 0 Å². The van der Waals surface area contributed by atoms with E-state index < -0.39 is 76.2 Å². The lowest BCUT2D eigenvalue weighted by Crippen LogP contribution is -2.49. The molecule has 1 aliphatic carbocycles. The second kappa shape index (κ2) is 5.49. The molecular weight excluding hydrogens is 365 g/mol. The first-order chi connectivity index (χ1) is 10.8. The highest BCUT2D eigenvalue weighted by Crippen LogP contribution is 2.50. The monoisotopic (exact) mass is 368 g/mol. The molecule has 0 aliphatic heterocycles. The second-order valence-electron chi connectivity index (χ2n) is 4.69. The van der Waals surface area contributed by atoms with E-state index in [0.717, 1.165) is 0 Å². The summed E-state index contributed by atoms with van der Waals surface area (Å²) in [6, 6.07) is -0.401. The van der Waals surface area contributed by atoms with Gasteiger partial charge in [-0.25, -0.2) is 35.1 Å². The van der Waals surface area contributed by atoms with Crippen LogP contribution in [0.1, 0.15) is 5.56 Å². The molecule has 11 heteroatoms. The minimum Gasteiger partial charge on any atom is -0.238 e. The van der Waals surface area contributed by atoms with Crippen molar-refractivity contribution in [3.05, 3.63) is 52.6 Å². The van der Waals surface area contributed by atoms with E-state index in [0.29, 0.717) is 0 Å². The number of allylic oxidation sites excluding steroid dienone is 4. The highest BCUT2D eigenvalue weighted by Gasteiger charge is 2.64. The molecule has 24 heavy (non-hydrogen) atoms. The summed E-state index contributed by atoms with van der Waals surface area (Å²) >= 11 is 0. The van der Waals surface area contributed by atoms with E-state index >= 15 is 0 Å². The van der Waals surface area contributed by atoms with Crippen LogP contribution in [0, 0.1) is 23.3 Å². The highest BCUT2D eigenvalue weighted by molar-refractivity contribution is 5.77. The highest BCUT2D eigenvalue weighted by atomic mass is 19.4. The average Bonchev–Trinajstić information content (AvgIpc) is 2.45. The molecule has 2 atom stereocenters. The molecule has 0 aromatic heterocycles. The number of hydrogen-bond donors (Lipinski definition) is 0. The van der Waals surface area contributed by atoms with Crippen LogP contribution in [0.4, 0.5) is 48.3 Å². The molecule has 1 aliphatic rings. The maximum atomic E-state index is 13.9. The Hall–Kier alpha value is -2.07. The number of hydrogen-bond acceptors (Lipinski definition) is 0. The van der Waals surface area contributed by atoms with Crippen LogP contribution in [0.2, 0.25) is 0 Å². The van der Waals surface area contributed by atoms with Gasteiger partial charge in [-0.15, -0.1) is 0 Å². The lowest BCUT2D eigenvalue weighted by atomic mass is 9.83. The van der Waals surface area contributed by atoms with Crippen molar-refractivity contribution in [2.45, 2.75) is 18.0 Å². The van der Waals surface area contributed by atoms with Crippen LogP contribution in [0.3, 0.4) is 0 Å². The van der Waals surface area contributed by atoms with E-state index in [9.17, 15) is 48.3 Å². The minimum absolute atomic E-state index is 0.401. The van der Waals surface area contributed by atoms with E-state index in [1.807, 2.05) is 0 Å². The molecule has 0 heterocycles. The van der Waals surface area contributed by atoms with Crippen LogP contribution in [0.5, 0.6) is 0 Å². The van der Waals surface area contributed by atoms with Gasteiger partial charge < -0.3 is 0 Å². The molecule has 0 amide bonds. The van der Waals surface area contributed by atoms with E-state index in [1.165, 1.54) is 0 Å². The Morgan fingerprint density at radius 3 is 1.75 bits per heavy atom. The summed E-state index contributed by atoms with van der Waals surface area (Å²) in [7, 11) is 0. The normalized spacial score (nSPS) is 25.1. The van der Waals surface area contributed by atoms with Gasteiger partial charge in [-0.1, -0.05) is 0 Å². The van der Waals surface area contributed by atoms with E-state index in [-0.39, 0.29) is 0 Å². The lowest BCUT2D eigenvalue weighted by Gasteiger charge is -2.32. The van der Waals surface area contributed by atoms with Gasteiger partial charge in [-0.2, -0.15) is 13.2 Å². The lowest BCUT2D eigenvalue weighted by molar-refractivity contribution is -0.225. The summed E-state index contributed by atoms with van der Waals surface area (Å²) in [4.78, 5) is 0. The predicted molar refractivity (Wildman–Crippen MR) is 58.3 cm³/mol. The fraction of sp³-hybridized carbons (Fsp3) is 0.231. The summed E-state index contributed by atoms with van der Waals surface area (Å²) in [6.45, 7) is 0. The standard InChI is InChI=1S/C13H3F11/c14-3-1-4(15)9(18)6(8(3)17)7-10(19)5(16)2-12(21,11(7)20)13(22,23)24/h1-2,11H. The second-order valence-corrected chi connectivity index (χ2v) is 4.69. The molecule has 132 valence electrons. The van der Waals surface area contributed by atoms with Crippen molar-refractivity contribution in [3.63, 3.8) is 0 Å². The molecule has 0 nitrogen and oxygen atoms in total. The van der Waals surface area contributed by atoms with Crippen LogP contribution in [0.25, 0.3) is 5.57 Å². The van der Waals surface area contributed by atoms with Crippen LogP contribution < -0.4 is 0 Å². The van der Waals surface area contributed by atoms with Gasteiger partial charge in [-0.05, 0) is 0 Å². The van der Waals surface area contributed by atoms with Crippen LogP contribution in [0.15, 0.2) is 23.8 Å². The fourth-order valence-corrected chi connectivity index (χ4v) is 2.04. The minimum atomic E-state index is -6.16. The smallest absolute Gasteiger partial charge is 0.238 e. The zero-order valence-corrected chi connectivity index (χ0v) is 10.9. The molecule has 1 aromatic rings. The van der Waals surface area contributed by atoms with E-state index in [2.05, 4.69) is 0 Å². The Morgan fingerprint density at radius 2 is 1.33 bits per heavy atom. The number of rotatable bonds is 1. The van der Waals surface area contributed by atoms with E-state index in [4.69, 9.17) is 0 Å². The van der Waals surface area contributed by atoms with E-state index in [1.54, 1.807) is 0 Å². The summed E-state index contributed by atoms with van der Waals surface area (Å²) in [5.74, 6) is -14.8. The molecule has 0 N–H and O–H groups in total. The molecule has 0 radical (unpaired) electrons. The Morgan fingerprint density at radius 1 is 0.875 bits per heavy atom. The first-order valence-electron chi connectivity index (χ1n) is 5.84. The molecular formula is C13H3F11. The molecule has 1 aromatic carbocycles. The van der Waals surface area contributed by atoms with Gasteiger partial charge in [0.15, 0.2) is 41.1 Å². The van der Waals surface area contributed by atoms with Gasteiger partial charge in [0.25, 0.3) is 5.67 Å². The predicted octanol–water partition coefficient (Wildman–Crippen LogP) is 5.40. The van der Waals surface area contributed by atoms with Crippen LogP contribution >= 0.6 is 0 Å². The van der Waals surface area contributed by atoms with Crippen molar-refractivity contribution in [3.8, 4) is 0 Å². The first kappa shape index (κ1) is 18.3. The maximum Gasteiger partial charge on any atom is 0.429 e. The zero-order valence-electron chi connectivity index (χ0n) is 10.9. The van der Waals surface area contributed by atoms with Crippen molar-refractivity contribution < 1.29 is 48.3 Å². The molecule has 0 saturated heterocycles. The maximum absolute atomic E-state index is 13.9. The van der Waals surface area contributed by atoms with Gasteiger partial charge in [-0.3, -0.25) is 0 Å². The Labute approximate surface area is 125 Å². The number of halogens is 11. The van der Waals surface area contributed by atoms with Gasteiger partial charge in [0, 0.05) is 17.7 Å². The van der Waals surface area contributed by atoms with Crippen LogP contribution in [-0.4, -0.2) is 18.0 Å². The summed E-state index contributed by atoms with van der Waals surface area (Å²) in [5, 5.41) is 0. The van der Waals surface area contributed by atoms with Gasteiger partial charge in [0.1, 0.15) is 0 Å². The third-order valence-corrected chi connectivity index (χ3v) is 3.22. The van der Waals surface area contributed by atoms with Crippen molar-refractivity contribution >= 4 is 5.57 Å². The third kappa shape index (κ3) is 2.46. The largest absolute Gasteiger partial charge is 0.429 e. The number of benzene rings is 1. The third-order valence-electron chi connectivity index (χ3n) is 3.22. The Kier molecular flexibility index (Phi) is 4.18. The first-order valence-corrected chi connectivity index (χ1v) is 5.84. The number of alkyl halides is 5. The molecule has 0 saturated carbocycles. The SMILES string of the molecule is FC1=CC(F)(C(F)(F)F)C(F)C(c2c(F)c(F)cc(F)c2F)=C1F. The molecule has 0 spiro atoms. The molecule has 2 rings (SSSR count). The summed E-state index contributed by atoms with van der Waals surface area (Å²) in [6.07, 6.45) is -11.5. The van der Waals surface area contributed by atoms with Crippen molar-refractivity contribution in [1.82, 2.24) is 0 Å².